The van der Waals surface area contributed by atoms with Crippen LogP contribution in [0.2, 0.25) is 0 Å². The van der Waals surface area contributed by atoms with Crippen molar-refractivity contribution in [3.63, 3.8) is 0 Å². The van der Waals surface area contributed by atoms with E-state index in [1.54, 1.807) is 6.07 Å². The molecule has 1 saturated heterocycles. The van der Waals surface area contributed by atoms with E-state index >= 15 is 0 Å². The molecule has 0 spiro atoms. The van der Waals surface area contributed by atoms with Crippen molar-refractivity contribution < 1.29 is 13.2 Å². The quantitative estimate of drug-likeness (QED) is 0.797. The van der Waals surface area contributed by atoms with Gasteiger partial charge < -0.3 is 4.90 Å². The molecule has 0 aliphatic carbocycles. The summed E-state index contributed by atoms with van der Waals surface area (Å²) in [5.41, 5.74) is 3.99. The molecule has 1 aliphatic rings. The van der Waals surface area contributed by atoms with Gasteiger partial charge in [0, 0.05) is 38.4 Å². The van der Waals surface area contributed by atoms with E-state index in [1.165, 1.54) is 28.9 Å². The number of alkyl halides is 3. The number of nitrogens with zero attached hydrogens (tertiary/aromatic N) is 2. The summed E-state index contributed by atoms with van der Waals surface area (Å²) in [6.45, 7) is 8.30. The zero-order valence-corrected chi connectivity index (χ0v) is 14.6. The fraction of sp³-hybridized carbons (Fsp3) is 0.400. The van der Waals surface area contributed by atoms with Gasteiger partial charge in [-0.25, -0.2) is 0 Å². The Labute approximate surface area is 146 Å². The molecular weight excluding hydrogens is 325 g/mol. The van der Waals surface area contributed by atoms with Crippen LogP contribution >= 0.6 is 0 Å². The normalized spacial score (nSPS) is 16.3. The Hall–Kier alpha value is -2.01. The minimum Gasteiger partial charge on any atom is -0.369 e. The monoisotopic (exact) mass is 348 g/mol. The first-order valence-corrected chi connectivity index (χ1v) is 8.54. The van der Waals surface area contributed by atoms with E-state index in [1.807, 2.05) is 0 Å². The van der Waals surface area contributed by atoms with Crippen LogP contribution in [0.3, 0.4) is 0 Å². The predicted molar refractivity (Wildman–Crippen MR) is 94.9 cm³/mol. The first-order valence-electron chi connectivity index (χ1n) is 8.54. The number of anilines is 1. The molecule has 2 aromatic carbocycles. The van der Waals surface area contributed by atoms with Crippen molar-refractivity contribution in [2.45, 2.75) is 26.6 Å². The zero-order valence-electron chi connectivity index (χ0n) is 14.6. The summed E-state index contributed by atoms with van der Waals surface area (Å²) >= 11 is 0. The highest BCUT2D eigenvalue weighted by Crippen LogP contribution is 2.30. The van der Waals surface area contributed by atoms with Gasteiger partial charge in [-0.3, -0.25) is 4.90 Å². The second-order valence-corrected chi connectivity index (χ2v) is 6.68. The molecule has 0 N–H and O–H groups in total. The predicted octanol–water partition coefficient (Wildman–Crippen LogP) is 4.64. The van der Waals surface area contributed by atoms with Crippen LogP contribution in [0.5, 0.6) is 0 Å². The van der Waals surface area contributed by atoms with Gasteiger partial charge in [-0.05, 0) is 42.7 Å². The molecule has 0 aromatic heterocycles. The van der Waals surface area contributed by atoms with Gasteiger partial charge in [0.1, 0.15) is 0 Å². The maximum Gasteiger partial charge on any atom is 0.416 e. The van der Waals surface area contributed by atoms with Crippen LogP contribution in [0.15, 0.2) is 42.5 Å². The Morgan fingerprint density at radius 2 is 1.60 bits per heavy atom. The number of hydrogen-bond donors (Lipinski definition) is 0. The van der Waals surface area contributed by atoms with Gasteiger partial charge >= 0.3 is 6.18 Å². The van der Waals surface area contributed by atoms with E-state index in [0.29, 0.717) is 6.54 Å². The van der Waals surface area contributed by atoms with Crippen LogP contribution in [0.4, 0.5) is 18.9 Å². The standard InChI is InChI=1S/C20H23F3N2/c1-15-5-3-8-19(16(15)2)25-11-9-24(10-12-25)14-17-6-4-7-18(13-17)20(21,22)23/h3-8,13H,9-12,14H2,1-2H3. The molecule has 0 unspecified atom stereocenters. The first kappa shape index (κ1) is 17.8. The molecule has 1 heterocycles. The highest BCUT2D eigenvalue weighted by Gasteiger charge is 2.30. The zero-order chi connectivity index (χ0) is 18.0. The van der Waals surface area contributed by atoms with Crippen molar-refractivity contribution >= 4 is 5.69 Å². The molecule has 0 atom stereocenters. The lowest BCUT2D eigenvalue weighted by Gasteiger charge is -2.37. The van der Waals surface area contributed by atoms with Gasteiger partial charge in [0.15, 0.2) is 0 Å². The summed E-state index contributed by atoms with van der Waals surface area (Å²) in [6.07, 6.45) is -4.28. The summed E-state index contributed by atoms with van der Waals surface area (Å²) in [6, 6.07) is 12.0. The number of rotatable bonds is 3. The van der Waals surface area contributed by atoms with Gasteiger partial charge in [0.2, 0.25) is 0 Å². The molecular formula is C20H23F3N2. The smallest absolute Gasteiger partial charge is 0.369 e. The average molecular weight is 348 g/mol. The lowest BCUT2D eigenvalue weighted by atomic mass is 10.1. The fourth-order valence-electron chi connectivity index (χ4n) is 3.33. The first-order chi connectivity index (χ1) is 11.8. The highest BCUT2D eigenvalue weighted by atomic mass is 19.4. The van der Waals surface area contributed by atoms with Crippen LogP contribution in [-0.2, 0) is 12.7 Å². The Kier molecular flexibility index (Phi) is 5.04. The number of hydrogen-bond acceptors (Lipinski definition) is 2. The number of benzene rings is 2. The van der Waals surface area contributed by atoms with Crippen LogP contribution in [-0.4, -0.2) is 31.1 Å². The average Bonchev–Trinajstić information content (AvgIpc) is 2.58. The minimum absolute atomic E-state index is 0.560. The van der Waals surface area contributed by atoms with Crippen LogP contribution in [0.25, 0.3) is 0 Å². The maximum atomic E-state index is 12.8. The molecule has 1 fully saturated rings. The Morgan fingerprint density at radius 1 is 0.920 bits per heavy atom. The van der Waals surface area contributed by atoms with Gasteiger partial charge in [-0.1, -0.05) is 30.3 Å². The molecule has 0 radical (unpaired) electrons. The van der Waals surface area contributed by atoms with Crippen molar-refractivity contribution in [2.24, 2.45) is 0 Å². The lowest BCUT2D eigenvalue weighted by Crippen LogP contribution is -2.46. The Balaban J connectivity index is 1.62. The third-order valence-corrected chi connectivity index (χ3v) is 4.95. The topological polar surface area (TPSA) is 6.48 Å². The summed E-state index contributed by atoms with van der Waals surface area (Å²) in [4.78, 5) is 4.59. The van der Waals surface area contributed by atoms with E-state index in [2.05, 4.69) is 41.8 Å². The van der Waals surface area contributed by atoms with E-state index in [9.17, 15) is 13.2 Å². The van der Waals surface area contributed by atoms with E-state index in [-0.39, 0.29) is 0 Å². The van der Waals surface area contributed by atoms with Crippen molar-refractivity contribution in [3.8, 4) is 0 Å². The molecule has 0 amide bonds. The third kappa shape index (κ3) is 4.15. The minimum atomic E-state index is -4.28. The van der Waals surface area contributed by atoms with Gasteiger partial charge in [-0.2, -0.15) is 13.2 Å². The van der Waals surface area contributed by atoms with Crippen LogP contribution in [0, 0.1) is 13.8 Å². The lowest BCUT2D eigenvalue weighted by molar-refractivity contribution is -0.137. The van der Waals surface area contributed by atoms with Gasteiger partial charge in [-0.15, -0.1) is 0 Å². The SMILES string of the molecule is Cc1cccc(N2CCN(Cc3cccc(C(F)(F)F)c3)CC2)c1C. The van der Waals surface area contributed by atoms with Crippen LogP contribution in [0.1, 0.15) is 22.3 Å². The van der Waals surface area contributed by atoms with Crippen molar-refractivity contribution in [1.82, 2.24) is 4.90 Å². The molecule has 134 valence electrons. The number of halogens is 3. The summed E-state index contributed by atoms with van der Waals surface area (Å²) in [7, 11) is 0. The largest absolute Gasteiger partial charge is 0.416 e. The molecule has 2 nitrogen and oxygen atoms in total. The highest BCUT2D eigenvalue weighted by molar-refractivity contribution is 5.56. The van der Waals surface area contributed by atoms with E-state index < -0.39 is 11.7 Å². The van der Waals surface area contributed by atoms with E-state index in [4.69, 9.17) is 0 Å². The maximum absolute atomic E-state index is 12.8. The molecule has 3 rings (SSSR count). The molecule has 0 saturated carbocycles. The third-order valence-electron chi connectivity index (χ3n) is 4.95. The Morgan fingerprint density at radius 3 is 2.28 bits per heavy atom. The summed E-state index contributed by atoms with van der Waals surface area (Å²) in [5, 5.41) is 0. The van der Waals surface area contributed by atoms with Gasteiger partial charge in [0.25, 0.3) is 0 Å². The van der Waals surface area contributed by atoms with Crippen molar-refractivity contribution in [1.29, 1.82) is 0 Å². The second kappa shape index (κ2) is 7.08. The fourth-order valence-corrected chi connectivity index (χ4v) is 3.33. The number of piperazine rings is 1. The number of aryl methyl sites for hydroxylation is 1. The second-order valence-electron chi connectivity index (χ2n) is 6.68. The van der Waals surface area contributed by atoms with Crippen LogP contribution < -0.4 is 4.90 Å². The van der Waals surface area contributed by atoms with E-state index in [0.717, 1.165) is 37.8 Å². The molecule has 2 aromatic rings. The molecule has 0 bridgehead atoms. The molecule has 1 aliphatic heterocycles. The molecule has 25 heavy (non-hydrogen) atoms. The summed E-state index contributed by atoms with van der Waals surface area (Å²) < 4.78 is 38.5. The van der Waals surface area contributed by atoms with Gasteiger partial charge in [0.05, 0.1) is 5.56 Å². The summed E-state index contributed by atoms with van der Waals surface area (Å²) in [5.74, 6) is 0. The van der Waals surface area contributed by atoms with Crippen molar-refractivity contribution in [3.05, 3.63) is 64.7 Å². The van der Waals surface area contributed by atoms with Crippen molar-refractivity contribution in [2.75, 3.05) is 31.1 Å². The Bertz CT molecular complexity index is 732. The molecule has 5 heteroatoms.